The van der Waals surface area contributed by atoms with Gasteiger partial charge in [-0.05, 0) is 32.9 Å². The fourth-order valence-electron chi connectivity index (χ4n) is 3.95. The summed E-state index contributed by atoms with van der Waals surface area (Å²) in [6, 6.07) is 0. The highest BCUT2D eigenvalue weighted by Crippen LogP contribution is 2.17. The van der Waals surface area contributed by atoms with Crippen molar-refractivity contribution in [2.75, 3.05) is 33.4 Å². The van der Waals surface area contributed by atoms with Gasteiger partial charge in [0.2, 0.25) is 0 Å². The highest BCUT2D eigenvalue weighted by molar-refractivity contribution is 5.73. The Balaban J connectivity index is 1.97. The van der Waals surface area contributed by atoms with Gasteiger partial charge in [0.15, 0.2) is 0 Å². The Hall–Kier alpha value is -1.10. The van der Waals surface area contributed by atoms with Crippen LogP contribution in [0.5, 0.6) is 0 Å². The molecule has 0 amide bonds. The van der Waals surface area contributed by atoms with Crippen LogP contribution in [-0.4, -0.2) is 50.2 Å². The van der Waals surface area contributed by atoms with E-state index in [-0.39, 0.29) is 23.8 Å². The van der Waals surface area contributed by atoms with Crippen molar-refractivity contribution in [2.45, 2.75) is 104 Å². The van der Waals surface area contributed by atoms with E-state index in [9.17, 15) is 9.59 Å². The highest BCUT2D eigenvalue weighted by Gasteiger charge is 2.28. The third-order valence-corrected chi connectivity index (χ3v) is 6.23. The zero-order valence-electron chi connectivity index (χ0n) is 20.0. The summed E-state index contributed by atoms with van der Waals surface area (Å²) in [4.78, 5) is 26.2. The molecule has 0 aromatic rings. The van der Waals surface area contributed by atoms with E-state index in [1.807, 2.05) is 14.0 Å². The molecule has 0 N–H and O–H groups in total. The van der Waals surface area contributed by atoms with Crippen molar-refractivity contribution in [1.82, 2.24) is 4.90 Å². The van der Waals surface area contributed by atoms with Gasteiger partial charge in [-0.3, -0.25) is 9.59 Å². The van der Waals surface area contributed by atoms with Crippen molar-refractivity contribution in [2.24, 2.45) is 11.8 Å². The third-order valence-electron chi connectivity index (χ3n) is 6.23. The average Bonchev–Trinajstić information content (AvgIpc) is 3.18. The molecule has 1 fully saturated rings. The van der Waals surface area contributed by atoms with Gasteiger partial charge in [-0.15, -0.1) is 0 Å². The average molecular weight is 426 g/mol. The van der Waals surface area contributed by atoms with Crippen LogP contribution in [-0.2, 0) is 19.1 Å². The maximum Gasteiger partial charge on any atom is 0.310 e. The fraction of sp³-hybridized carbons (Fsp3) is 0.920. The monoisotopic (exact) mass is 425 g/mol. The lowest BCUT2D eigenvalue weighted by Gasteiger charge is -2.17. The number of carbonyl (C=O) groups is 2. The number of rotatable bonds is 18. The minimum absolute atomic E-state index is 0.00360. The molecule has 1 aliphatic rings. The van der Waals surface area contributed by atoms with Gasteiger partial charge in [-0.1, -0.05) is 78.1 Å². The lowest BCUT2D eigenvalue weighted by molar-refractivity contribution is -0.152. The zero-order valence-corrected chi connectivity index (χ0v) is 20.0. The quantitative estimate of drug-likeness (QED) is 0.207. The van der Waals surface area contributed by atoms with Crippen molar-refractivity contribution >= 4 is 11.9 Å². The Morgan fingerprint density at radius 3 is 1.97 bits per heavy atom. The van der Waals surface area contributed by atoms with Gasteiger partial charge in [0.25, 0.3) is 0 Å². The van der Waals surface area contributed by atoms with Crippen LogP contribution in [0, 0.1) is 11.8 Å². The maximum absolute atomic E-state index is 12.1. The first-order valence-corrected chi connectivity index (χ1v) is 12.6. The third kappa shape index (κ3) is 13.3. The van der Waals surface area contributed by atoms with Crippen LogP contribution in [0.25, 0.3) is 0 Å². The van der Waals surface area contributed by atoms with E-state index < -0.39 is 0 Å². The number of likely N-dealkylation sites (tertiary alicyclic amines) is 1. The molecule has 0 saturated carbocycles. The largest absolute Gasteiger partial charge is 0.465 e. The number of hydrogen-bond donors (Lipinski definition) is 0. The number of carbonyl (C=O) groups excluding carboxylic acids is 2. The minimum atomic E-state index is -0.117. The second kappa shape index (κ2) is 17.6. The SMILES string of the molecule is CCCCCCCCCCCCCC(=O)OCC(CC)COC(=O)C1CCN(C)C1. The normalized spacial score (nSPS) is 17.8. The molecule has 1 rings (SSSR count). The number of nitrogens with zero attached hydrogens (tertiary/aromatic N) is 1. The van der Waals surface area contributed by atoms with Crippen LogP contribution in [0.2, 0.25) is 0 Å². The Labute approximate surface area is 185 Å². The molecule has 0 aromatic heterocycles. The smallest absolute Gasteiger partial charge is 0.310 e. The van der Waals surface area contributed by atoms with Crippen LogP contribution in [0.15, 0.2) is 0 Å². The van der Waals surface area contributed by atoms with Gasteiger partial charge in [-0.2, -0.15) is 0 Å². The summed E-state index contributed by atoms with van der Waals surface area (Å²) >= 11 is 0. The first-order valence-electron chi connectivity index (χ1n) is 12.6. The summed E-state index contributed by atoms with van der Waals surface area (Å²) in [6.07, 6.45) is 16.2. The van der Waals surface area contributed by atoms with E-state index in [4.69, 9.17) is 9.47 Å². The predicted molar refractivity (Wildman–Crippen MR) is 122 cm³/mol. The van der Waals surface area contributed by atoms with Crippen LogP contribution >= 0.6 is 0 Å². The standard InChI is InChI=1S/C25H47NO4/c1-4-6-7-8-9-10-11-12-13-14-15-16-24(27)29-20-22(5-2)21-30-25(28)23-17-18-26(3)19-23/h22-23H,4-21H2,1-3H3. The minimum Gasteiger partial charge on any atom is -0.465 e. The van der Waals surface area contributed by atoms with E-state index in [1.54, 1.807) is 0 Å². The van der Waals surface area contributed by atoms with Gasteiger partial charge in [-0.25, -0.2) is 0 Å². The van der Waals surface area contributed by atoms with E-state index in [0.29, 0.717) is 19.6 Å². The Morgan fingerprint density at radius 1 is 0.867 bits per heavy atom. The molecule has 2 atom stereocenters. The van der Waals surface area contributed by atoms with Crippen LogP contribution in [0.3, 0.4) is 0 Å². The summed E-state index contributed by atoms with van der Waals surface area (Å²) in [5.41, 5.74) is 0. The molecular weight excluding hydrogens is 378 g/mol. The van der Waals surface area contributed by atoms with Crippen LogP contribution < -0.4 is 0 Å². The molecule has 0 aliphatic carbocycles. The molecule has 5 heteroatoms. The second-order valence-electron chi connectivity index (χ2n) is 9.12. The van der Waals surface area contributed by atoms with Crippen LogP contribution in [0.4, 0.5) is 0 Å². The topological polar surface area (TPSA) is 55.8 Å². The summed E-state index contributed by atoms with van der Waals surface area (Å²) in [5.74, 6) is -0.135. The number of hydrogen-bond acceptors (Lipinski definition) is 5. The highest BCUT2D eigenvalue weighted by atomic mass is 16.5. The maximum atomic E-state index is 12.1. The lowest BCUT2D eigenvalue weighted by Crippen LogP contribution is -2.25. The van der Waals surface area contributed by atoms with Crippen molar-refractivity contribution in [1.29, 1.82) is 0 Å². The molecule has 176 valence electrons. The van der Waals surface area contributed by atoms with Crippen molar-refractivity contribution in [3.63, 3.8) is 0 Å². The second-order valence-corrected chi connectivity index (χ2v) is 9.12. The summed E-state index contributed by atoms with van der Waals surface area (Å²) < 4.78 is 10.9. The summed E-state index contributed by atoms with van der Waals surface area (Å²) in [6.45, 7) is 6.73. The van der Waals surface area contributed by atoms with E-state index in [2.05, 4.69) is 11.8 Å². The molecule has 5 nitrogen and oxygen atoms in total. The molecule has 1 heterocycles. The Bertz CT molecular complexity index is 454. The molecule has 1 aliphatic heterocycles. The first-order chi connectivity index (χ1) is 14.6. The van der Waals surface area contributed by atoms with Gasteiger partial charge in [0.1, 0.15) is 0 Å². The lowest BCUT2D eigenvalue weighted by atomic mass is 10.1. The number of ether oxygens (including phenoxy) is 2. The molecule has 2 unspecified atom stereocenters. The predicted octanol–water partition coefficient (Wildman–Crippen LogP) is 5.75. The van der Waals surface area contributed by atoms with E-state index in [1.165, 1.54) is 57.8 Å². The molecular formula is C25H47NO4. The van der Waals surface area contributed by atoms with Gasteiger partial charge < -0.3 is 14.4 Å². The van der Waals surface area contributed by atoms with Crippen LogP contribution in [0.1, 0.15) is 104 Å². The molecule has 30 heavy (non-hydrogen) atoms. The number of esters is 2. The molecule has 0 aromatic carbocycles. The fourth-order valence-corrected chi connectivity index (χ4v) is 3.95. The Morgan fingerprint density at radius 2 is 1.43 bits per heavy atom. The van der Waals surface area contributed by atoms with Crippen molar-refractivity contribution in [3.05, 3.63) is 0 Å². The first kappa shape index (κ1) is 26.9. The zero-order chi connectivity index (χ0) is 22.0. The molecule has 1 saturated heterocycles. The van der Waals surface area contributed by atoms with Gasteiger partial charge in [0, 0.05) is 18.9 Å². The molecule has 0 radical (unpaired) electrons. The van der Waals surface area contributed by atoms with Gasteiger partial charge in [0.05, 0.1) is 19.1 Å². The molecule has 0 bridgehead atoms. The van der Waals surface area contributed by atoms with Gasteiger partial charge >= 0.3 is 11.9 Å². The van der Waals surface area contributed by atoms with E-state index >= 15 is 0 Å². The Kier molecular flexibility index (Phi) is 15.8. The number of unbranched alkanes of at least 4 members (excludes halogenated alkanes) is 10. The van der Waals surface area contributed by atoms with Crippen molar-refractivity contribution in [3.8, 4) is 0 Å². The van der Waals surface area contributed by atoms with Crippen molar-refractivity contribution < 1.29 is 19.1 Å². The summed E-state index contributed by atoms with van der Waals surface area (Å²) in [7, 11) is 2.02. The van der Waals surface area contributed by atoms with E-state index in [0.717, 1.165) is 38.8 Å². The molecule has 0 spiro atoms. The summed E-state index contributed by atoms with van der Waals surface area (Å²) in [5, 5.41) is 0.